The lowest BCUT2D eigenvalue weighted by molar-refractivity contribution is -0.136. The van der Waals surface area contributed by atoms with Crippen LogP contribution in [0.4, 0.5) is 5.69 Å². The minimum absolute atomic E-state index is 0.156. The van der Waals surface area contributed by atoms with Gasteiger partial charge in [-0.1, -0.05) is 0 Å². The first-order valence-corrected chi connectivity index (χ1v) is 7.41. The monoisotopic (exact) mass is 301 g/mol. The normalized spacial score (nSPS) is 11.5. The number of carbonyl (C=O) groups excluding carboxylic acids is 1. The Kier molecular flexibility index (Phi) is 4.66. The van der Waals surface area contributed by atoms with Crippen molar-refractivity contribution in [3.8, 4) is 5.69 Å². The Balaban J connectivity index is 2.13. The maximum Gasteiger partial charge on any atom is 0.256 e. The Hall–Kier alpha value is -2.14. The van der Waals surface area contributed by atoms with E-state index in [4.69, 9.17) is 4.74 Å². The second-order valence-corrected chi connectivity index (χ2v) is 5.73. The molecule has 1 aromatic carbocycles. The minimum atomic E-state index is -0.842. The minimum Gasteiger partial charge on any atom is -0.366 e. The number of hydrogen-bond acceptors (Lipinski definition) is 3. The maximum atomic E-state index is 12.2. The van der Waals surface area contributed by atoms with E-state index in [1.54, 1.807) is 20.2 Å². The Bertz CT molecular complexity index is 657. The van der Waals surface area contributed by atoms with Gasteiger partial charge in [-0.05, 0) is 58.9 Å². The largest absolute Gasteiger partial charge is 0.366 e. The molecule has 2 aromatic rings. The molecule has 118 valence electrons. The summed E-state index contributed by atoms with van der Waals surface area (Å²) in [7, 11) is 0. The van der Waals surface area contributed by atoms with Crippen LogP contribution in [0.5, 0.6) is 0 Å². The average Bonchev–Trinajstić information content (AvgIpc) is 2.80. The van der Waals surface area contributed by atoms with E-state index >= 15 is 0 Å². The molecule has 1 N–H and O–H groups in total. The molecule has 0 aliphatic carbocycles. The molecule has 0 aliphatic heterocycles. The second-order valence-electron chi connectivity index (χ2n) is 5.73. The van der Waals surface area contributed by atoms with Crippen LogP contribution < -0.4 is 5.32 Å². The van der Waals surface area contributed by atoms with Gasteiger partial charge < -0.3 is 14.6 Å². The number of nitrogens with one attached hydrogen (secondary N) is 1. The first kappa shape index (κ1) is 16.2. The Morgan fingerprint density at radius 3 is 2.41 bits per heavy atom. The molecule has 0 radical (unpaired) electrons. The summed E-state index contributed by atoms with van der Waals surface area (Å²) in [6.45, 7) is 9.91. The van der Waals surface area contributed by atoms with Gasteiger partial charge in [0.25, 0.3) is 5.91 Å². The molecule has 5 heteroatoms. The molecular formula is C17H23N3O2. The van der Waals surface area contributed by atoms with Crippen molar-refractivity contribution < 1.29 is 9.53 Å². The lowest BCUT2D eigenvalue weighted by Gasteiger charge is -2.23. The van der Waals surface area contributed by atoms with Gasteiger partial charge in [0.2, 0.25) is 0 Å². The van der Waals surface area contributed by atoms with Gasteiger partial charge in [0.1, 0.15) is 5.60 Å². The van der Waals surface area contributed by atoms with E-state index < -0.39 is 5.60 Å². The highest BCUT2D eigenvalue weighted by molar-refractivity contribution is 5.96. The molecule has 0 bridgehead atoms. The zero-order valence-corrected chi connectivity index (χ0v) is 13.8. The van der Waals surface area contributed by atoms with Crippen molar-refractivity contribution >= 4 is 11.6 Å². The Morgan fingerprint density at radius 1 is 1.27 bits per heavy atom. The highest BCUT2D eigenvalue weighted by atomic mass is 16.5. The molecule has 0 unspecified atom stereocenters. The number of rotatable bonds is 5. The number of nitrogens with zero attached hydrogens (tertiary/aromatic N) is 2. The van der Waals surface area contributed by atoms with E-state index in [0.717, 1.165) is 22.8 Å². The topological polar surface area (TPSA) is 56.1 Å². The van der Waals surface area contributed by atoms with Crippen molar-refractivity contribution in [2.45, 2.75) is 40.2 Å². The number of ether oxygens (including phenoxy) is 1. The summed E-state index contributed by atoms with van der Waals surface area (Å²) in [5.41, 5.74) is 3.03. The van der Waals surface area contributed by atoms with Gasteiger partial charge in [-0.2, -0.15) is 0 Å². The number of benzene rings is 1. The highest BCUT2D eigenvalue weighted by Gasteiger charge is 2.27. The average molecular weight is 301 g/mol. The van der Waals surface area contributed by atoms with Gasteiger partial charge in [-0.3, -0.25) is 4.79 Å². The number of aromatic nitrogens is 2. The number of imidazole rings is 1. The summed E-state index contributed by atoms with van der Waals surface area (Å²) in [6.07, 6.45) is 1.80. The SMILES string of the molecule is CCOC(C)(C)C(=O)Nc1ccc(-n2cnc(C)c2C)cc1. The van der Waals surface area contributed by atoms with Gasteiger partial charge in [0.05, 0.1) is 12.0 Å². The number of carbonyl (C=O) groups is 1. The summed E-state index contributed by atoms with van der Waals surface area (Å²) in [5.74, 6) is -0.156. The van der Waals surface area contributed by atoms with Crippen LogP contribution in [0.2, 0.25) is 0 Å². The molecule has 0 saturated heterocycles. The van der Waals surface area contributed by atoms with Gasteiger partial charge in [0.15, 0.2) is 0 Å². The third kappa shape index (κ3) is 3.36. The van der Waals surface area contributed by atoms with Gasteiger partial charge in [-0.15, -0.1) is 0 Å². The third-order valence-electron chi connectivity index (χ3n) is 3.71. The van der Waals surface area contributed by atoms with Crippen LogP contribution in [-0.2, 0) is 9.53 Å². The number of hydrogen-bond donors (Lipinski definition) is 1. The zero-order chi connectivity index (χ0) is 16.3. The number of anilines is 1. The smallest absolute Gasteiger partial charge is 0.256 e. The van der Waals surface area contributed by atoms with Crippen LogP contribution in [0.15, 0.2) is 30.6 Å². The Labute approximate surface area is 131 Å². The summed E-state index contributed by atoms with van der Waals surface area (Å²) >= 11 is 0. The predicted octanol–water partition coefficient (Wildman–Crippen LogP) is 3.24. The van der Waals surface area contributed by atoms with E-state index in [1.165, 1.54) is 0 Å². The van der Waals surface area contributed by atoms with Gasteiger partial charge >= 0.3 is 0 Å². The molecule has 0 fully saturated rings. The zero-order valence-electron chi connectivity index (χ0n) is 13.8. The van der Waals surface area contributed by atoms with Crippen LogP contribution in [-0.4, -0.2) is 27.7 Å². The van der Waals surface area contributed by atoms with E-state index in [9.17, 15) is 4.79 Å². The summed E-state index contributed by atoms with van der Waals surface area (Å²) in [5, 5.41) is 2.88. The molecular weight excluding hydrogens is 278 g/mol. The lowest BCUT2D eigenvalue weighted by Crippen LogP contribution is -2.39. The molecule has 1 amide bonds. The second kappa shape index (κ2) is 6.32. The Morgan fingerprint density at radius 2 is 1.91 bits per heavy atom. The highest BCUT2D eigenvalue weighted by Crippen LogP contribution is 2.18. The first-order chi connectivity index (χ1) is 10.3. The van der Waals surface area contributed by atoms with Crippen molar-refractivity contribution in [2.24, 2.45) is 0 Å². The van der Waals surface area contributed by atoms with Crippen LogP contribution >= 0.6 is 0 Å². The van der Waals surface area contributed by atoms with Crippen LogP contribution in [0.3, 0.4) is 0 Å². The molecule has 1 heterocycles. The fourth-order valence-electron chi connectivity index (χ4n) is 2.17. The predicted molar refractivity (Wildman–Crippen MR) is 87.4 cm³/mol. The van der Waals surface area contributed by atoms with Crippen molar-refractivity contribution in [1.82, 2.24) is 9.55 Å². The van der Waals surface area contributed by atoms with Crippen LogP contribution in [0.25, 0.3) is 5.69 Å². The fourth-order valence-corrected chi connectivity index (χ4v) is 2.17. The molecule has 0 aliphatic rings. The van der Waals surface area contributed by atoms with E-state index in [0.29, 0.717) is 6.61 Å². The van der Waals surface area contributed by atoms with Crippen molar-refractivity contribution in [3.63, 3.8) is 0 Å². The van der Waals surface area contributed by atoms with Crippen molar-refractivity contribution in [3.05, 3.63) is 42.0 Å². The standard InChI is InChI=1S/C17H23N3O2/c1-6-22-17(4,5)16(21)19-14-7-9-15(10-8-14)20-11-18-12(2)13(20)3/h7-11H,6H2,1-5H3,(H,19,21). The van der Waals surface area contributed by atoms with Crippen molar-refractivity contribution in [2.75, 3.05) is 11.9 Å². The van der Waals surface area contributed by atoms with E-state index in [-0.39, 0.29) is 5.91 Å². The quantitative estimate of drug-likeness (QED) is 0.922. The maximum absolute atomic E-state index is 12.2. The summed E-state index contributed by atoms with van der Waals surface area (Å²) < 4.78 is 7.47. The van der Waals surface area contributed by atoms with Gasteiger partial charge in [0, 0.05) is 23.7 Å². The molecule has 0 atom stereocenters. The molecule has 5 nitrogen and oxygen atoms in total. The van der Waals surface area contributed by atoms with Gasteiger partial charge in [-0.25, -0.2) is 4.98 Å². The third-order valence-corrected chi connectivity index (χ3v) is 3.71. The summed E-state index contributed by atoms with van der Waals surface area (Å²) in [4.78, 5) is 16.5. The van der Waals surface area contributed by atoms with Crippen molar-refractivity contribution in [1.29, 1.82) is 0 Å². The number of amides is 1. The fraction of sp³-hybridized carbons (Fsp3) is 0.412. The summed E-state index contributed by atoms with van der Waals surface area (Å²) in [6, 6.07) is 7.67. The molecule has 0 saturated carbocycles. The molecule has 0 spiro atoms. The number of aryl methyl sites for hydroxylation is 1. The molecule has 2 rings (SSSR count). The molecule has 1 aromatic heterocycles. The van der Waals surface area contributed by atoms with E-state index in [1.807, 2.05) is 49.6 Å². The first-order valence-electron chi connectivity index (χ1n) is 7.41. The molecule has 22 heavy (non-hydrogen) atoms. The van der Waals surface area contributed by atoms with E-state index in [2.05, 4.69) is 10.3 Å². The van der Waals surface area contributed by atoms with Crippen LogP contribution in [0.1, 0.15) is 32.2 Å². The lowest BCUT2D eigenvalue weighted by atomic mass is 10.1. The van der Waals surface area contributed by atoms with Crippen LogP contribution in [0, 0.1) is 13.8 Å².